The van der Waals surface area contributed by atoms with E-state index in [1.54, 1.807) is 19.1 Å². The van der Waals surface area contributed by atoms with Crippen molar-refractivity contribution in [3.05, 3.63) is 59.6 Å². The lowest BCUT2D eigenvalue weighted by Gasteiger charge is -2.01. The average Bonchev–Trinajstić information content (AvgIpc) is 2.77. The first-order valence-electron chi connectivity index (χ1n) is 7.85. The minimum Gasteiger partial charge on any atom is -0.507 e. The number of allylic oxidation sites excluding steroid dienone is 7. The predicted molar refractivity (Wildman–Crippen MR) is 92.6 cm³/mol. The van der Waals surface area contributed by atoms with E-state index in [9.17, 15) is 19.5 Å². The van der Waals surface area contributed by atoms with E-state index in [1.807, 2.05) is 25.2 Å². The number of aliphatic hydroxyl groups is 1. The quantitative estimate of drug-likeness (QED) is 0.174. The van der Waals surface area contributed by atoms with Gasteiger partial charge in [-0.05, 0) is 31.3 Å². The highest BCUT2D eigenvalue weighted by Gasteiger charge is 2.36. The molecule has 0 amide bonds. The maximum absolute atomic E-state index is 11.7. The molecule has 1 unspecified atom stereocenters. The molecule has 134 valence electrons. The fraction of sp³-hybridized carbons (Fsp3) is 0.316. The molecule has 1 saturated heterocycles. The lowest BCUT2D eigenvalue weighted by atomic mass is 10.1. The molecule has 1 fully saturated rings. The number of carbonyl (C=O) groups is 3. The maximum Gasteiger partial charge on any atom is 0.351 e. The number of aliphatic hydroxyl groups excluding tert-OH is 1. The van der Waals surface area contributed by atoms with E-state index in [2.05, 4.69) is 11.3 Å². The van der Waals surface area contributed by atoms with E-state index in [1.165, 1.54) is 0 Å². The van der Waals surface area contributed by atoms with Crippen molar-refractivity contribution < 1.29 is 29.3 Å². The van der Waals surface area contributed by atoms with E-state index in [4.69, 9.17) is 5.11 Å². The van der Waals surface area contributed by atoms with Crippen LogP contribution in [0.1, 0.15) is 33.1 Å². The fourth-order valence-electron chi connectivity index (χ4n) is 2.11. The first-order valence-corrected chi connectivity index (χ1v) is 7.85. The van der Waals surface area contributed by atoms with Crippen LogP contribution in [-0.2, 0) is 19.1 Å². The molecule has 1 aliphatic rings. The minimum absolute atomic E-state index is 0.0358. The topological polar surface area (TPSA) is 101 Å². The van der Waals surface area contributed by atoms with Crippen LogP contribution in [0, 0.1) is 5.92 Å². The summed E-state index contributed by atoms with van der Waals surface area (Å²) in [6.07, 6.45) is 10.4. The number of ether oxygens (including phenoxy) is 1. The van der Waals surface area contributed by atoms with Crippen LogP contribution < -0.4 is 0 Å². The molecule has 1 rings (SSSR count). The third kappa shape index (κ3) is 6.25. The lowest BCUT2D eigenvalue weighted by molar-refractivity contribution is -0.137. The molecule has 0 radical (unpaired) electrons. The van der Waals surface area contributed by atoms with Crippen molar-refractivity contribution in [1.29, 1.82) is 0 Å². The van der Waals surface area contributed by atoms with E-state index in [0.717, 1.165) is 0 Å². The van der Waals surface area contributed by atoms with Gasteiger partial charge in [0.1, 0.15) is 5.76 Å². The van der Waals surface area contributed by atoms with Crippen molar-refractivity contribution in [2.24, 2.45) is 5.92 Å². The summed E-state index contributed by atoms with van der Waals surface area (Å²) in [6, 6.07) is 0. The van der Waals surface area contributed by atoms with Crippen LogP contribution in [0.3, 0.4) is 0 Å². The molecular formula is C19H22O6. The molecule has 6 heteroatoms. The van der Waals surface area contributed by atoms with Crippen LogP contribution >= 0.6 is 0 Å². The number of Topliss-reactive ketones (excluding diaryl/α,β-unsaturated/α-hetero) is 1. The Morgan fingerprint density at radius 1 is 1.24 bits per heavy atom. The number of hydrogen-bond donors (Lipinski definition) is 2. The molecule has 0 aliphatic carbocycles. The summed E-state index contributed by atoms with van der Waals surface area (Å²) in [5.41, 5.74) is 0.0265. The van der Waals surface area contributed by atoms with Crippen molar-refractivity contribution in [2.45, 2.75) is 33.1 Å². The number of carboxylic acids is 1. The number of hydrogen-bond acceptors (Lipinski definition) is 5. The Kier molecular flexibility index (Phi) is 7.59. The van der Waals surface area contributed by atoms with Crippen LogP contribution in [-0.4, -0.2) is 27.9 Å². The smallest absolute Gasteiger partial charge is 0.351 e. The largest absolute Gasteiger partial charge is 0.507 e. The summed E-state index contributed by atoms with van der Waals surface area (Å²) < 4.78 is 4.59. The first-order chi connectivity index (χ1) is 11.7. The van der Waals surface area contributed by atoms with Crippen LogP contribution in [0.4, 0.5) is 0 Å². The molecule has 1 aliphatic heterocycles. The van der Waals surface area contributed by atoms with E-state index in [0.29, 0.717) is 18.4 Å². The Hall–Kier alpha value is -2.89. The van der Waals surface area contributed by atoms with Gasteiger partial charge in [-0.15, -0.1) is 0 Å². The molecule has 0 bridgehead atoms. The van der Waals surface area contributed by atoms with Gasteiger partial charge in [-0.3, -0.25) is 9.59 Å². The molecule has 0 spiro atoms. The number of rotatable bonds is 8. The number of aliphatic carboxylic acids is 1. The molecule has 25 heavy (non-hydrogen) atoms. The van der Waals surface area contributed by atoms with Crippen molar-refractivity contribution in [1.82, 2.24) is 0 Å². The van der Waals surface area contributed by atoms with Gasteiger partial charge in [0.2, 0.25) is 5.78 Å². The van der Waals surface area contributed by atoms with Gasteiger partial charge in [0.15, 0.2) is 11.3 Å². The lowest BCUT2D eigenvalue weighted by Crippen LogP contribution is -2.06. The Morgan fingerprint density at radius 2 is 1.92 bits per heavy atom. The van der Waals surface area contributed by atoms with Crippen LogP contribution in [0.5, 0.6) is 0 Å². The van der Waals surface area contributed by atoms with Gasteiger partial charge >= 0.3 is 11.9 Å². The van der Waals surface area contributed by atoms with Gasteiger partial charge in [0, 0.05) is 0 Å². The molecule has 0 aromatic rings. The van der Waals surface area contributed by atoms with Gasteiger partial charge < -0.3 is 14.9 Å². The number of carboxylic acid groups (broad SMARTS) is 1. The number of unbranched alkanes of at least 4 members (excludes halogenated alkanes) is 1. The van der Waals surface area contributed by atoms with Gasteiger partial charge in [-0.1, -0.05) is 43.9 Å². The summed E-state index contributed by atoms with van der Waals surface area (Å²) in [5, 5.41) is 18.7. The van der Waals surface area contributed by atoms with Crippen LogP contribution in [0.2, 0.25) is 0 Å². The zero-order chi connectivity index (χ0) is 19.0. The Balaban J connectivity index is 2.54. The third-order valence-electron chi connectivity index (χ3n) is 3.48. The average molecular weight is 346 g/mol. The molecule has 1 atom stereocenters. The van der Waals surface area contributed by atoms with Crippen molar-refractivity contribution in [3.8, 4) is 0 Å². The zero-order valence-corrected chi connectivity index (χ0v) is 14.3. The second kappa shape index (κ2) is 9.42. The third-order valence-corrected chi connectivity index (χ3v) is 3.48. The summed E-state index contributed by atoms with van der Waals surface area (Å²) in [5.74, 6) is -3.13. The zero-order valence-electron chi connectivity index (χ0n) is 14.3. The molecule has 1 heterocycles. The monoisotopic (exact) mass is 346 g/mol. The molecule has 0 aromatic carbocycles. The second-order valence-corrected chi connectivity index (χ2v) is 5.72. The molecular weight excluding hydrogens is 324 g/mol. The molecule has 2 N–H and O–H groups in total. The predicted octanol–water partition coefficient (Wildman–Crippen LogP) is 3.39. The van der Waals surface area contributed by atoms with Gasteiger partial charge in [-0.25, -0.2) is 4.79 Å². The molecule has 6 nitrogen and oxygen atoms in total. The number of esters is 1. The van der Waals surface area contributed by atoms with E-state index in [-0.39, 0.29) is 29.4 Å². The van der Waals surface area contributed by atoms with Crippen molar-refractivity contribution >= 4 is 17.7 Å². The Morgan fingerprint density at radius 3 is 2.48 bits per heavy atom. The minimum atomic E-state index is -0.888. The highest BCUT2D eigenvalue weighted by molar-refractivity contribution is 6.28. The highest BCUT2D eigenvalue weighted by atomic mass is 16.5. The van der Waals surface area contributed by atoms with Gasteiger partial charge in [0.25, 0.3) is 0 Å². The van der Waals surface area contributed by atoms with Crippen LogP contribution in [0.15, 0.2) is 59.6 Å². The van der Waals surface area contributed by atoms with E-state index < -0.39 is 17.7 Å². The number of cyclic esters (lactones) is 1. The molecule has 0 saturated carbocycles. The SMILES string of the molecule is C=C1OC(=O)C(=C(O)/C(C)=C/CC/C=C/C=C/C(C)CC(=O)O)C1=O. The first kappa shape index (κ1) is 20.2. The number of carbonyl (C=O) groups excluding carboxylic acids is 2. The number of ketones is 1. The fourth-order valence-corrected chi connectivity index (χ4v) is 2.11. The van der Waals surface area contributed by atoms with Gasteiger partial charge in [0.05, 0.1) is 6.42 Å². The van der Waals surface area contributed by atoms with Crippen LogP contribution in [0.25, 0.3) is 0 Å². The van der Waals surface area contributed by atoms with Crippen molar-refractivity contribution in [3.63, 3.8) is 0 Å². The molecule has 0 aromatic heterocycles. The van der Waals surface area contributed by atoms with Gasteiger partial charge in [-0.2, -0.15) is 0 Å². The Labute approximate surface area is 146 Å². The standard InChI is InChI=1S/C19H22O6/c1-12(11-15(20)21)9-7-5-4-6-8-10-13(2)17(22)16-18(23)14(3)25-19(16)24/h4-5,7,9-10,12,22H,3,6,8,11H2,1-2H3,(H,20,21)/b5-4+,9-7+,13-10+,17-16?. The summed E-state index contributed by atoms with van der Waals surface area (Å²) in [6.45, 7) is 6.73. The summed E-state index contributed by atoms with van der Waals surface area (Å²) >= 11 is 0. The normalized spacial score (nSPS) is 19.0. The maximum atomic E-state index is 11.7. The summed E-state index contributed by atoms with van der Waals surface area (Å²) in [7, 11) is 0. The second-order valence-electron chi connectivity index (χ2n) is 5.72. The van der Waals surface area contributed by atoms with Crippen molar-refractivity contribution in [2.75, 3.05) is 0 Å². The van der Waals surface area contributed by atoms with E-state index >= 15 is 0 Å². The Bertz CT molecular complexity index is 691. The summed E-state index contributed by atoms with van der Waals surface area (Å²) in [4.78, 5) is 33.7. The highest BCUT2D eigenvalue weighted by Crippen LogP contribution is 2.24.